The number of rotatable bonds is 13. The first-order valence-corrected chi connectivity index (χ1v) is 13.8. The Morgan fingerprint density at radius 3 is 2.56 bits per heavy atom. The number of nitrogens with one attached hydrogen (secondary N) is 1. The van der Waals surface area contributed by atoms with Crippen molar-refractivity contribution in [2.24, 2.45) is 5.92 Å². The monoisotopic (exact) mass is 532 g/mol. The zero-order valence-electron chi connectivity index (χ0n) is 22.3. The first kappa shape index (κ1) is 26.9. The summed E-state index contributed by atoms with van der Waals surface area (Å²) in [6.45, 7) is 0.574. The first-order valence-electron chi connectivity index (χ1n) is 13.8. The number of aromatic nitrogens is 1. The van der Waals surface area contributed by atoms with Crippen LogP contribution in [0.4, 0.5) is 0 Å². The molecule has 1 aromatic heterocycles. The minimum Gasteiger partial charge on any atom is -0.497 e. The highest BCUT2D eigenvalue weighted by Crippen LogP contribution is 2.50. The number of hydrogen-bond acceptors (Lipinski definition) is 6. The molecule has 2 fully saturated rings. The van der Waals surface area contributed by atoms with Crippen molar-refractivity contribution in [1.29, 1.82) is 0 Å². The van der Waals surface area contributed by atoms with Crippen molar-refractivity contribution in [2.75, 3.05) is 13.7 Å². The zero-order valence-corrected chi connectivity index (χ0v) is 22.3. The molecule has 2 bridgehead atoms. The number of fused-ring (bicyclic) bond motifs is 2. The molecule has 3 aromatic rings. The maximum absolute atomic E-state index is 12.8. The number of ether oxygens (including phenoxy) is 2. The van der Waals surface area contributed by atoms with Gasteiger partial charge in [-0.2, -0.15) is 0 Å². The van der Waals surface area contributed by atoms with Gasteiger partial charge in [-0.25, -0.2) is 4.98 Å². The third-order valence-corrected chi connectivity index (χ3v) is 7.98. The average Bonchev–Trinajstić information content (AvgIpc) is 3.70. The van der Waals surface area contributed by atoms with Crippen molar-refractivity contribution < 1.29 is 28.6 Å². The SMILES string of the molecule is COc1ccc(CCCCNC(=O)c2coc([C@H]3[C@@H](Cc4ccccc4CCC(=O)O)[C@@H]4CC[C@H]3O4)n2)cc1. The second kappa shape index (κ2) is 12.5. The molecule has 0 spiro atoms. The highest BCUT2D eigenvalue weighted by Gasteiger charge is 2.51. The molecule has 4 atom stereocenters. The molecule has 206 valence electrons. The summed E-state index contributed by atoms with van der Waals surface area (Å²) in [5, 5.41) is 12.1. The van der Waals surface area contributed by atoms with Crippen LogP contribution in [0.25, 0.3) is 0 Å². The van der Waals surface area contributed by atoms with E-state index in [1.54, 1.807) is 7.11 Å². The highest BCUT2D eigenvalue weighted by molar-refractivity contribution is 5.91. The van der Waals surface area contributed by atoms with Crippen LogP contribution < -0.4 is 10.1 Å². The number of hydrogen-bond donors (Lipinski definition) is 2. The van der Waals surface area contributed by atoms with Crippen molar-refractivity contribution in [3.63, 3.8) is 0 Å². The number of carbonyl (C=O) groups excluding carboxylic acids is 1. The van der Waals surface area contributed by atoms with E-state index >= 15 is 0 Å². The summed E-state index contributed by atoms with van der Waals surface area (Å²) in [5.41, 5.74) is 3.74. The second-order valence-corrected chi connectivity index (χ2v) is 10.5. The van der Waals surface area contributed by atoms with Gasteiger partial charge in [0.15, 0.2) is 5.69 Å². The van der Waals surface area contributed by atoms with E-state index in [9.17, 15) is 9.59 Å². The standard InChI is InChI=1S/C31H36N2O6/c1-37-23-12-9-20(10-13-23)6-4-5-17-32-30(36)25-19-38-31(33-25)29-24(26-14-15-27(29)39-26)18-22-8-3-2-7-21(22)11-16-28(34)35/h2-3,7-10,12-13,19,24,26-27,29H,4-6,11,14-18H2,1H3,(H,32,36)(H,34,35)/t24-,26-,27+,29-/m0/s1. The van der Waals surface area contributed by atoms with E-state index in [2.05, 4.69) is 28.5 Å². The zero-order chi connectivity index (χ0) is 27.2. The van der Waals surface area contributed by atoms with Crippen molar-refractivity contribution >= 4 is 11.9 Å². The lowest BCUT2D eigenvalue weighted by atomic mass is 9.75. The Balaban J connectivity index is 1.16. The Labute approximate surface area is 228 Å². The average molecular weight is 533 g/mol. The number of aryl methyl sites for hydroxylation is 2. The number of carboxylic acid groups (broad SMARTS) is 1. The Morgan fingerprint density at radius 1 is 1.03 bits per heavy atom. The lowest BCUT2D eigenvalue weighted by molar-refractivity contribution is -0.136. The van der Waals surface area contributed by atoms with Crippen molar-refractivity contribution in [2.45, 2.75) is 69.5 Å². The van der Waals surface area contributed by atoms with Crippen LogP contribution in [0, 0.1) is 5.92 Å². The van der Waals surface area contributed by atoms with Gasteiger partial charge >= 0.3 is 5.97 Å². The minimum absolute atomic E-state index is 0.0256. The first-order chi connectivity index (χ1) is 19.0. The van der Waals surface area contributed by atoms with E-state index in [4.69, 9.17) is 19.0 Å². The Morgan fingerprint density at radius 2 is 1.79 bits per heavy atom. The number of methoxy groups -OCH3 is 1. The van der Waals surface area contributed by atoms with Crippen LogP contribution in [-0.4, -0.2) is 47.8 Å². The summed E-state index contributed by atoms with van der Waals surface area (Å²) < 4.78 is 17.3. The van der Waals surface area contributed by atoms with Gasteiger partial charge in [-0.05, 0) is 73.8 Å². The molecule has 2 N–H and O–H groups in total. The van der Waals surface area contributed by atoms with Gasteiger partial charge in [0.1, 0.15) is 12.0 Å². The molecule has 2 aromatic carbocycles. The number of amides is 1. The molecule has 2 aliphatic heterocycles. The van der Waals surface area contributed by atoms with E-state index in [0.717, 1.165) is 55.4 Å². The molecule has 3 heterocycles. The molecular weight excluding hydrogens is 496 g/mol. The molecule has 0 radical (unpaired) electrons. The van der Waals surface area contributed by atoms with Gasteiger partial charge in [0.25, 0.3) is 5.91 Å². The number of oxazole rings is 1. The second-order valence-electron chi connectivity index (χ2n) is 10.5. The Hall–Kier alpha value is -3.65. The van der Waals surface area contributed by atoms with Crippen LogP contribution in [0.1, 0.15) is 71.1 Å². The fourth-order valence-electron chi connectivity index (χ4n) is 5.96. The van der Waals surface area contributed by atoms with E-state index in [-0.39, 0.29) is 36.4 Å². The number of aliphatic carboxylic acids is 1. The topological polar surface area (TPSA) is 111 Å². The molecule has 1 amide bonds. The minimum atomic E-state index is -0.797. The molecule has 0 saturated carbocycles. The van der Waals surface area contributed by atoms with Gasteiger partial charge in [0.2, 0.25) is 5.89 Å². The lowest BCUT2D eigenvalue weighted by Gasteiger charge is -2.26. The van der Waals surface area contributed by atoms with E-state index in [0.29, 0.717) is 24.6 Å². The molecule has 2 saturated heterocycles. The molecule has 8 nitrogen and oxygen atoms in total. The maximum Gasteiger partial charge on any atom is 0.303 e. The van der Waals surface area contributed by atoms with Crippen molar-refractivity contribution in [3.8, 4) is 5.75 Å². The van der Waals surface area contributed by atoms with Crippen LogP contribution >= 0.6 is 0 Å². The fraction of sp³-hybridized carbons (Fsp3) is 0.452. The number of carbonyl (C=O) groups is 2. The predicted molar refractivity (Wildman–Crippen MR) is 145 cm³/mol. The Kier molecular flexibility index (Phi) is 8.61. The number of benzene rings is 2. The van der Waals surface area contributed by atoms with Crippen LogP contribution in [-0.2, 0) is 28.8 Å². The smallest absolute Gasteiger partial charge is 0.303 e. The molecule has 5 rings (SSSR count). The highest BCUT2D eigenvalue weighted by atomic mass is 16.5. The maximum atomic E-state index is 12.8. The van der Waals surface area contributed by atoms with Crippen LogP contribution in [0.3, 0.4) is 0 Å². The third kappa shape index (κ3) is 6.50. The van der Waals surface area contributed by atoms with Crippen LogP contribution in [0.5, 0.6) is 5.75 Å². The largest absolute Gasteiger partial charge is 0.497 e. The fourth-order valence-corrected chi connectivity index (χ4v) is 5.96. The van der Waals surface area contributed by atoms with Crippen LogP contribution in [0.2, 0.25) is 0 Å². The molecule has 0 unspecified atom stereocenters. The van der Waals surface area contributed by atoms with Crippen molar-refractivity contribution in [1.82, 2.24) is 10.3 Å². The molecule has 39 heavy (non-hydrogen) atoms. The summed E-state index contributed by atoms with van der Waals surface area (Å²) in [6, 6.07) is 16.1. The number of carboxylic acids is 1. The van der Waals surface area contributed by atoms with Gasteiger partial charge < -0.3 is 24.3 Å². The summed E-state index contributed by atoms with van der Waals surface area (Å²) in [6.07, 6.45) is 7.68. The van der Waals surface area contributed by atoms with Gasteiger partial charge in [0, 0.05) is 18.9 Å². The normalized spacial score (nSPS) is 21.7. The van der Waals surface area contributed by atoms with Gasteiger partial charge in [-0.3, -0.25) is 9.59 Å². The molecule has 2 aliphatic rings. The molecular formula is C31H36N2O6. The van der Waals surface area contributed by atoms with Crippen LogP contribution in [0.15, 0.2) is 59.2 Å². The third-order valence-electron chi connectivity index (χ3n) is 7.98. The summed E-state index contributed by atoms with van der Waals surface area (Å²) in [4.78, 5) is 28.5. The molecule has 8 heteroatoms. The van der Waals surface area contributed by atoms with E-state index < -0.39 is 5.97 Å². The summed E-state index contributed by atoms with van der Waals surface area (Å²) in [5.74, 6) is 0.522. The van der Waals surface area contributed by atoms with Gasteiger partial charge in [-0.15, -0.1) is 0 Å². The number of unbranched alkanes of at least 4 members (excludes halogenated alkanes) is 1. The predicted octanol–water partition coefficient (Wildman–Crippen LogP) is 4.96. The summed E-state index contributed by atoms with van der Waals surface area (Å²) >= 11 is 0. The number of nitrogens with zero attached hydrogens (tertiary/aromatic N) is 1. The van der Waals surface area contributed by atoms with E-state index in [1.807, 2.05) is 30.3 Å². The van der Waals surface area contributed by atoms with Gasteiger partial charge in [-0.1, -0.05) is 36.4 Å². The lowest BCUT2D eigenvalue weighted by Crippen LogP contribution is -2.28. The van der Waals surface area contributed by atoms with Gasteiger partial charge in [0.05, 0.1) is 25.2 Å². The quantitative estimate of drug-likeness (QED) is 0.300. The summed E-state index contributed by atoms with van der Waals surface area (Å²) in [7, 11) is 1.66. The Bertz CT molecular complexity index is 1270. The van der Waals surface area contributed by atoms with Crippen molar-refractivity contribution in [3.05, 3.63) is 83.1 Å². The van der Waals surface area contributed by atoms with E-state index in [1.165, 1.54) is 11.8 Å². The molecule has 0 aliphatic carbocycles.